The van der Waals surface area contributed by atoms with Crippen molar-refractivity contribution in [2.75, 3.05) is 7.11 Å². The highest BCUT2D eigenvalue weighted by Gasteiger charge is 2.17. The van der Waals surface area contributed by atoms with Crippen LogP contribution in [0.15, 0.2) is 78.9 Å². The fraction of sp³-hybridized carbons (Fsp3) is 0.115. The van der Waals surface area contributed by atoms with Gasteiger partial charge in [0.2, 0.25) is 0 Å². The van der Waals surface area contributed by atoms with Gasteiger partial charge in [-0.1, -0.05) is 43.3 Å². The van der Waals surface area contributed by atoms with Crippen LogP contribution in [-0.4, -0.2) is 13.4 Å². The molecule has 4 aromatic rings. The van der Waals surface area contributed by atoms with Gasteiger partial charge in [0.1, 0.15) is 23.5 Å². The van der Waals surface area contributed by atoms with Crippen molar-refractivity contribution in [3.05, 3.63) is 90.0 Å². The molecular weight excluding hydrogens is 360 g/mol. The number of ether oxygens (including phenoxy) is 2. The molecule has 4 rings (SSSR count). The number of carbonyl (C=O) groups excluding carboxylic acids is 1. The molecule has 0 unspecified atom stereocenters. The van der Waals surface area contributed by atoms with E-state index in [2.05, 4.69) is 25.1 Å². The van der Waals surface area contributed by atoms with Crippen LogP contribution in [0.3, 0.4) is 0 Å². The number of rotatable bonds is 6. The van der Waals surface area contributed by atoms with Gasteiger partial charge in [0.25, 0.3) is 0 Å². The average Bonchev–Trinajstić information content (AvgIpc) is 2.79. The van der Waals surface area contributed by atoms with E-state index < -0.39 is 0 Å². The number of aryl methyl sites for hydroxylation is 1. The normalized spacial score (nSPS) is 10.7. The number of benzene rings is 4. The van der Waals surface area contributed by atoms with Gasteiger partial charge < -0.3 is 9.47 Å². The predicted octanol–water partition coefficient (Wildman–Crippen LogP) is 6.68. The molecule has 4 aromatic carbocycles. The molecule has 0 amide bonds. The Morgan fingerprint density at radius 2 is 1.59 bits per heavy atom. The second kappa shape index (κ2) is 8.19. The van der Waals surface area contributed by atoms with E-state index in [1.165, 1.54) is 5.56 Å². The second-order valence-corrected chi connectivity index (χ2v) is 6.84. The summed E-state index contributed by atoms with van der Waals surface area (Å²) in [5, 5.41) is 2.08. The summed E-state index contributed by atoms with van der Waals surface area (Å²) < 4.78 is 11.9. The maximum atomic E-state index is 11.0. The number of hydrogen-bond donors (Lipinski definition) is 0. The lowest BCUT2D eigenvalue weighted by molar-refractivity contribution is 0.112. The number of methoxy groups -OCH3 is 1. The van der Waals surface area contributed by atoms with Crippen LogP contribution in [0.25, 0.3) is 21.9 Å². The molecule has 0 aliphatic rings. The minimum atomic E-state index is 0.623. The van der Waals surface area contributed by atoms with Gasteiger partial charge in [0, 0.05) is 16.5 Å². The first-order valence-corrected chi connectivity index (χ1v) is 9.65. The SMILES string of the molecule is CCc1cc2cc(OC)ccc2c(Oc2ccc(C=O)cc2)c1-c1ccccc1. The summed E-state index contributed by atoms with van der Waals surface area (Å²) in [5.74, 6) is 2.32. The zero-order valence-corrected chi connectivity index (χ0v) is 16.5. The van der Waals surface area contributed by atoms with E-state index in [1.54, 1.807) is 19.2 Å². The van der Waals surface area contributed by atoms with Crippen molar-refractivity contribution >= 4 is 17.1 Å². The monoisotopic (exact) mass is 382 g/mol. The zero-order chi connectivity index (χ0) is 20.2. The number of fused-ring (bicyclic) bond motifs is 1. The maximum absolute atomic E-state index is 11.0. The van der Waals surface area contributed by atoms with Crippen LogP contribution in [0, 0.1) is 0 Å². The predicted molar refractivity (Wildman–Crippen MR) is 117 cm³/mol. The molecule has 0 saturated carbocycles. The summed E-state index contributed by atoms with van der Waals surface area (Å²) in [7, 11) is 1.67. The number of carbonyl (C=O) groups is 1. The van der Waals surface area contributed by atoms with Crippen molar-refractivity contribution in [2.24, 2.45) is 0 Å². The summed E-state index contributed by atoms with van der Waals surface area (Å²) in [6, 6.07) is 25.7. The topological polar surface area (TPSA) is 35.5 Å². The molecular formula is C26H22O3. The van der Waals surface area contributed by atoms with Crippen LogP contribution in [0.2, 0.25) is 0 Å². The van der Waals surface area contributed by atoms with Crippen molar-refractivity contribution in [3.63, 3.8) is 0 Å². The molecule has 0 heterocycles. The van der Waals surface area contributed by atoms with Crippen molar-refractivity contribution in [1.29, 1.82) is 0 Å². The summed E-state index contributed by atoms with van der Waals surface area (Å²) in [6.45, 7) is 2.15. The van der Waals surface area contributed by atoms with E-state index in [0.717, 1.165) is 46.1 Å². The summed E-state index contributed by atoms with van der Waals surface area (Å²) in [6.07, 6.45) is 1.70. The van der Waals surface area contributed by atoms with E-state index in [1.807, 2.05) is 48.5 Å². The van der Waals surface area contributed by atoms with Crippen molar-refractivity contribution in [3.8, 4) is 28.4 Å². The van der Waals surface area contributed by atoms with Crippen molar-refractivity contribution < 1.29 is 14.3 Å². The Hall–Kier alpha value is -3.59. The first kappa shape index (κ1) is 18.8. The van der Waals surface area contributed by atoms with Crippen LogP contribution < -0.4 is 9.47 Å². The zero-order valence-electron chi connectivity index (χ0n) is 16.5. The van der Waals surface area contributed by atoms with Crippen LogP contribution >= 0.6 is 0 Å². The van der Waals surface area contributed by atoms with E-state index in [-0.39, 0.29) is 0 Å². The first-order chi connectivity index (χ1) is 14.2. The van der Waals surface area contributed by atoms with Gasteiger partial charge >= 0.3 is 0 Å². The van der Waals surface area contributed by atoms with Gasteiger partial charge in [-0.2, -0.15) is 0 Å². The quantitative estimate of drug-likeness (QED) is 0.349. The van der Waals surface area contributed by atoms with Crippen molar-refractivity contribution in [1.82, 2.24) is 0 Å². The molecule has 0 bridgehead atoms. The van der Waals surface area contributed by atoms with Crippen LogP contribution in [-0.2, 0) is 6.42 Å². The Morgan fingerprint density at radius 1 is 0.862 bits per heavy atom. The minimum absolute atomic E-state index is 0.623. The molecule has 0 aromatic heterocycles. The Morgan fingerprint density at radius 3 is 2.24 bits per heavy atom. The highest BCUT2D eigenvalue weighted by molar-refractivity contribution is 5.98. The van der Waals surface area contributed by atoms with Crippen LogP contribution in [0.1, 0.15) is 22.8 Å². The van der Waals surface area contributed by atoms with Gasteiger partial charge in [-0.3, -0.25) is 4.79 Å². The lowest BCUT2D eigenvalue weighted by Gasteiger charge is -2.19. The summed E-state index contributed by atoms with van der Waals surface area (Å²) in [5.41, 5.74) is 4.03. The molecule has 0 radical (unpaired) electrons. The third kappa shape index (κ3) is 3.72. The molecule has 0 N–H and O–H groups in total. The number of hydrogen-bond acceptors (Lipinski definition) is 3. The van der Waals surface area contributed by atoms with Gasteiger partial charge in [-0.05, 0) is 65.4 Å². The van der Waals surface area contributed by atoms with Gasteiger partial charge in [-0.15, -0.1) is 0 Å². The Balaban J connectivity index is 1.97. The summed E-state index contributed by atoms with van der Waals surface area (Å²) >= 11 is 0. The highest BCUT2D eigenvalue weighted by atomic mass is 16.5. The molecule has 0 spiro atoms. The van der Waals surface area contributed by atoms with Crippen LogP contribution in [0.4, 0.5) is 0 Å². The van der Waals surface area contributed by atoms with E-state index >= 15 is 0 Å². The molecule has 144 valence electrons. The third-order valence-corrected chi connectivity index (χ3v) is 5.06. The fourth-order valence-corrected chi connectivity index (χ4v) is 3.57. The lowest BCUT2D eigenvalue weighted by atomic mass is 9.92. The molecule has 0 aliphatic heterocycles. The van der Waals surface area contributed by atoms with Gasteiger partial charge in [0.05, 0.1) is 7.11 Å². The van der Waals surface area contributed by atoms with Crippen LogP contribution in [0.5, 0.6) is 17.2 Å². The summed E-state index contributed by atoms with van der Waals surface area (Å²) in [4.78, 5) is 11.0. The van der Waals surface area contributed by atoms with Crippen molar-refractivity contribution in [2.45, 2.75) is 13.3 Å². The minimum Gasteiger partial charge on any atom is -0.497 e. The number of aldehydes is 1. The van der Waals surface area contributed by atoms with E-state index in [4.69, 9.17) is 9.47 Å². The maximum Gasteiger partial charge on any atom is 0.150 e. The molecule has 29 heavy (non-hydrogen) atoms. The first-order valence-electron chi connectivity index (χ1n) is 9.65. The lowest BCUT2D eigenvalue weighted by Crippen LogP contribution is -1.96. The third-order valence-electron chi connectivity index (χ3n) is 5.06. The average molecular weight is 382 g/mol. The molecule has 0 atom stereocenters. The largest absolute Gasteiger partial charge is 0.497 e. The second-order valence-electron chi connectivity index (χ2n) is 6.84. The fourth-order valence-electron chi connectivity index (χ4n) is 3.57. The smallest absolute Gasteiger partial charge is 0.150 e. The molecule has 0 aliphatic carbocycles. The standard InChI is InChI=1S/C26H22O3/c1-3-19-15-21-16-23(28-2)13-14-24(21)26(25(19)20-7-5-4-6-8-20)29-22-11-9-18(17-27)10-12-22/h4-17H,3H2,1-2H3. The molecule has 0 fully saturated rings. The Labute approximate surface area is 170 Å². The van der Waals surface area contributed by atoms with E-state index in [9.17, 15) is 4.79 Å². The molecule has 3 nitrogen and oxygen atoms in total. The molecule has 0 saturated heterocycles. The Kier molecular flexibility index (Phi) is 5.30. The van der Waals surface area contributed by atoms with E-state index in [0.29, 0.717) is 11.3 Å². The molecule has 3 heteroatoms. The Bertz CT molecular complexity index is 1150. The highest BCUT2D eigenvalue weighted by Crippen LogP contribution is 2.43. The van der Waals surface area contributed by atoms with Gasteiger partial charge in [-0.25, -0.2) is 0 Å². The van der Waals surface area contributed by atoms with Gasteiger partial charge in [0.15, 0.2) is 0 Å².